The molecule has 1 aliphatic carbocycles. The number of aromatic nitrogens is 1. The van der Waals surface area contributed by atoms with Crippen LogP contribution in [0.25, 0.3) is 11.1 Å². The molecule has 0 radical (unpaired) electrons. The van der Waals surface area contributed by atoms with Crippen LogP contribution < -0.4 is 5.32 Å². The highest BCUT2D eigenvalue weighted by Crippen LogP contribution is 2.44. The van der Waals surface area contributed by atoms with E-state index in [0.717, 1.165) is 11.1 Å². The fourth-order valence-corrected chi connectivity index (χ4v) is 5.96. The highest BCUT2D eigenvalue weighted by atomic mass is 35.5. The van der Waals surface area contributed by atoms with Gasteiger partial charge in [-0.15, -0.1) is 0 Å². The van der Waals surface area contributed by atoms with Gasteiger partial charge >= 0.3 is 6.09 Å². The number of amides is 1. The SMILES string of the molecule is O=Cc1ncccc1Sc1c(Cl)ccc(Cl)c1CNC(=O)OCC1c2ccccc2-c2ccccc21. The molecule has 3 aromatic carbocycles. The number of fused-ring (bicyclic) bond motifs is 3. The van der Waals surface area contributed by atoms with E-state index in [1.807, 2.05) is 24.3 Å². The molecule has 0 aliphatic heterocycles. The van der Waals surface area contributed by atoms with Crippen LogP contribution in [0.4, 0.5) is 4.79 Å². The van der Waals surface area contributed by atoms with Gasteiger partial charge in [-0.25, -0.2) is 4.79 Å². The molecule has 0 bridgehead atoms. The number of alkyl carbamates (subject to hydrolysis) is 1. The van der Waals surface area contributed by atoms with Crippen LogP contribution in [-0.2, 0) is 11.3 Å². The van der Waals surface area contributed by atoms with Crippen molar-refractivity contribution in [3.05, 3.63) is 111 Å². The zero-order chi connectivity index (χ0) is 25.1. The molecule has 1 heterocycles. The average molecular weight is 535 g/mol. The van der Waals surface area contributed by atoms with E-state index < -0.39 is 6.09 Å². The summed E-state index contributed by atoms with van der Waals surface area (Å²) in [5.41, 5.74) is 5.55. The summed E-state index contributed by atoms with van der Waals surface area (Å²) >= 11 is 14.2. The van der Waals surface area contributed by atoms with E-state index in [9.17, 15) is 9.59 Å². The molecular weight excluding hydrogens is 515 g/mol. The number of aldehydes is 1. The molecule has 0 unspecified atom stereocenters. The monoisotopic (exact) mass is 534 g/mol. The van der Waals surface area contributed by atoms with E-state index in [2.05, 4.69) is 34.6 Å². The van der Waals surface area contributed by atoms with Crippen LogP contribution in [0.3, 0.4) is 0 Å². The highest BCUT2D eigenvalue weighted by molar-refractivity contribution is 7.99. The molecule has 8 heteroatoms. The van der Waals surface area contributed by atoms with Crippen LogP contribution in [0.5, 0.6) is 0 Å². The second-order valence-corrected chi connectivity index (χ2v) is 9.99. The number of carbonyl (C=O) groups excluding carboxylic acids is 2. The third-order valence-corrected chi connectivity index (χ3v) is 8.05. The number of nitrogens with zero attached hydrogens (tertiary/aromatic N) is 1. The van der Waals surface area contributed by atoms with Gasteiger partial charge in [0.1, 0.15) is 12.3 Å². The molecule has 1 amide bonds. The van der Waals surface area contributed by atoms with Crippen molar-refractivity contribution in [3.63, 3.8) is 0 Å². The third-order valence-electron chi connectivity index (χ3n) is 6.03. The molecule has 0 fully saturated rings. The Morgan fingerprint density at radius 3 is 2.31 bits per heavy atom. The summed E-state index contributed by atoms with van der Waals surface area (Å²) in [5.74, 6) is -0.0311. The lowest BCUT2D eigenvalue weighted by Crippen LogP contribution is -2.26. The van der Waals surface area contributed by atoms with Crippen LogP contribution in [0.1, 0.15) is 33.1 Å². The number of nitrogens with one attached hydrogen (secondary N) is 1. The third kappa shape index (κ3) is 4.85. The van der Waals surface area contributed by atoms with Gasteiger partial charge in [-0.3, -0.25) is 9.78 Å². The van der Waals surface area contributed by atoms with Crippen LogP contribution >= 0.6 is 35.0 Å². The topological polar surface area (TPSA) is 68.3 Å². The van der Waals surface area contributed by atoms with Gasteiger partial charge in [0.05, 0.1) is 5.02 Å². The number of pyridine rings is 1. The Morgan fingerprint density at radius 2 is 1.61 bits per heavy atom. The van der Waals surface area contributed by atoms with Gasteiger partial charge in [0.2, 0.25) is 0 Å². The minimum Gasteiger partial charge on any atom is -0.449 e. The Hall–Kier alpha value is -3.32. The van der Waals surface area contributed by atoms with Crippen molar-refractivity contribution in [2.75, 3.05) is 6.61 Å². The standard InChI is InChI=1S/C28H20Cl2N2O3S/c29-23-11-12-24(30)27(36-26-10-5-13-31-25(26)15-33)21(23)14-32-28(34)35-16-22-19-8-3-1-6-17(19)18-7-2-4-9-20(18)22/h1-13,15,22H,14,16H2,(H,32,34). The molecule has 5 rings (SSSR count). The van der Waals surface area contributed by atoms with Crippen molar-refractivity contribution < 1.29 is 14.3 Å². The first-order valence-corrected chi connectivity index (χ1v) is 12.8. The van der Waals surface area contributed by atoms with Gasteiger partial charge < -0.3 is 10.1 Å². The Balaban J connectivity index is 1.29. The summed E-state index contributed by atoms with van der Waals surface area (Å²) in [4.78, 5) is 29.5. The molecule has 0 saturated heterocycles. The zero-order valence-corrected chi connectivity index (χ0v) is 21.2. The van der Waals surface area contributed by atoms with Gasteiger partial charge in [-0.1, -0.05) is 83.5 Å². The number of ether oxygens (including phenoxy) is 1. The molecule has 1 aromatic heterocycles. The van der Waals surface area contributed by atoms with Crippen molar-refractivity contribution in [1.29, 1.82) is 0 Å². The van der Waals surface area contributed by atoms with Crippen LogP contribution in [0.15, 0.2) is 88.8 Å². The fourth-order valence-electron chi connectivity index (χ4n) is 4.35. The first-order valence-electron chi connectivity index (χ1n) is 11.2. The maximum Gasteiger partial charge on any atom is 0.407 e. The molecular formula is C28H20Cl2N2O3S. The van der Waals surface area contributed by atoms with Crippen LogP contribution in [0, 0.1) is 0 Å². The van der Waals surface area contributed by atoms with Crippen molar-refractivity contribution in [2.45, 2.75) is 22.3 Å². The van der Waals surface area contributed by atoms with Gasteiger partial charge in [0.15, 0.2) is 6.29 Å². The zero-order valence-electron chi connectivity index (χ0n) is 18.9. The summed E-state index contributed by atoms with van der Waals surface area (Å²) in [5, 5.41) is 3.69. The molecule has 4 aromatic rings. The van der Waals surface area contributed by atoms with Crippen molar-refractivity contribution >= 4 is 47.3 Å². The van der Waals surface area contributed by atoms with Gasteiger partial charge in [0.25, 0.3) is 0 Å². The summed E-state index contributed by atoms with van der Waals surface area (Å²) in [6.07, 6.45) is 1.68. The predicted molar refractivity (Wildman–Crippen MR) is 142 cm³/mol. The number of hydrogen-bond acceptors (Lipinski definition) is 5. The van der Waals surface area contributed by atoms with Gasteiger partial charge in [-0.2, -0.15) is 0 Å². The summed E-state index contributed by atoms with van der Waals surface area (Å²) in [6.45, 7) is 0.318. The predicted octanol–water partition coefficient (Wildman–Crippen LogP) is 7.39. The van der Waals surface area contributed by atoms with Crippen LogP contribution in [0.2, 0.25) is 10.0 Å². The lowest BCUT2D eigenvalue weighted by atomic mass is 9.98. The lowest BCUT2D eigenvalue weighted by molar-refractivity contribution is 0.111. The van der Waals surface area contributed by atoms with Crippen LogP contribution in [-0.4, -0.2) is 24.0 Å². The quantitative estimate of drug-likeness (QED) is 0.250. The molecule has 5 nitrogen and oxygen atoms in total. The number of benzene rings is 3. The van der Waals surface area contributed by atoms with E-state index in [4.69, 9.17) is 27.9 Å². The van der Waals surface area contributed by atoms with Crippen molar-refractivity contribution in [3.8, 4) is 11.1 Å². The Bertz CT molecular complexity index is 1420. The lowest BCUT2D eigenvalue weighted by Gasteiger charge is -2.16. The molecule has 180 valence electrons. The molecule has 0 spiro atoms. The Kier molecular flexibility index (Phi) is 7.28. The summed E-state index contributed by atoms with van der Waals surface area (Å²) < 4.78 is 5.64. The van der Waals surface area contributed by atoms with Gasteiger partial charge in [0, 0.05) is 39.0 Å². The van der Waals surface area contributed by atoms with Crippen molar-refractivity contribution in [1.82, 2.24) is 10.3 Å². The smallest absolute Gasteiger partial charge is 0.407 e. The second-order valence-electron chi connectivity index (χ2n) is 8.12. The van der Waals surface area contributed by atoms with E-state index in [1.165, 1.54) is 22.9 Å². The van der Waals surface area contributed by atoms with E-state index in [0.29, 0.717) is 37.4 Å². The fraction of sp³-hybridized carbons (Fsp3) is 0.107. The highest BCUT2D eigenvalue weighted by Gasteiger charge is 2.29. The molecule has 0 atom stereocenters. The van der Waals surface area contributed by atoms with E-state index in [-0.39, 0.29) is 19.1 Å². The molecule has 1 aliphatic rings. The number of carbonyl (C=O) groups is 2. The molecule has 1 N–H and O–H groups in total. The number of halogens is 2. The maximum absolute atomic E-state index is 12.7. The minimum atomic E-state index is -0.557. The number of rotatable bonds is 7. The Morgan fingerprint density at radius 1 is 0.944 bits per heavy atom. The van der Waals surface area contributed by atoms with E-state index in [1.54, 1.807) is 30.5 Å². The van der Waals surface area contributed by atoms with Gasteiger partial charge in [-0.05, 0) is 46.5 Å². The largest absolute Gasteiger partial charge is 0.449 e. The first-order chi connectivity index (χ1) is 17.6. The van der Waals surface area contributed by atoms with E-state index >= 15 is 0 Å². The normalized spacial score (nSPS) is 12.1. The summed E-state index contributed by atoms with van der Waals surface area (Å²) in [7, 11) is 0. The molecule has 0 saturated carbocycles. The minimum absolute atomic E-state index is 0.0311. The second kappa shape index (κ2) is 10.7. The first kappa shape index (κ1) is 24.4. The average Bonchev–Trinajstić information content (AvgIpc) is 3.23. The summed E-state index contributed by atoms with van der Waals surface area (Å²) in [6, 6.07) is 23.2. The number of hydrogen-bond donors (Lipinski definition) is 1. The molecule has 36 heavy (non-hydrogen) atoms. The van der Waals surface area contributed by atoms with Crippen molar-refractivity contribution in [2.24, 2.45) is 0 Å². The maximum atomic E-state index is 12.7. The Labute approximate surface area is 222 Å².